The van der Waals surface area contributed by atoms with E-state index in [9.17, 15) is 4.79 Å². The molecule has 0 unspecified atom stereocenters. The molecule has 21 heavy (non-hydrogen) atoms. The van der Waals surface area contributed by atoms with Gasteiger partial charge in [-0.25, -0.2) is 0 Å². The van der Waals surface area contributed by atoms with Gasteiger partial charge in [-0.1, -0.05) is 29.8 Å². The molecule has 1 aromatic rings. The Kier molecular flexibility index (Phi) is 9.10. The number of carbonyl (C=O) groups excluding carboxylic acids is 1. The molecule has 1 aromatic carbocycles. The normalized spacial score (nSPS) is 10.4. The highest BCUT2D eigenvalue weighted by Gasteiger charge is 2.05. The Morgan fingerprint density at radius 2 is 2.05 bits per heavy atom. The molecule has 5 heteroatoms. The quantitative estimate of drug-likeness (QED) is 0.632. The van der Waals surface area contributed by atoms with Gasteiger partial charge in [0.2, 0.25) is 5.91 Å². The van der Waals surface area contributed by atoms with E-state index in [0.29, 0.717) is 26.1 Å². The zero-order valence-corrected chi connectivity index (χ0v) is 14.5. The van der Waals surface area contributed by atoms with E-state index in [2.05, 4.69) is 39.6 Å². The molecule has 0 fully saturated rings. The Bertz CT molecular complexity index is 438. The van der Waals surface area contributed by atoms with Gasteiger partial charge in [-0.15, -0.1) is 0 Å². The summed E-state index contributed by atoms with van der Waals surface area (Å²) < 4.78 is 6.76. The van der Waals surface area contributed by atoms with Crippen LogP contribution in [0.4, 0.5) is 0 Å². The first-order chi connectivity index (χ1) is 10.2. The van der Waals surface area contributed by atoms with E-state index in [4.69, 9.17) is 4.74 Å². The van der Waals surface area contributed by atoms with E-state index in [-0.39, 0.29) is 5.91 Å². The van der Waals surface area contributed by atoms with Crippen molar-refractivity contribution in [3.63, 3.8) is 0 Å². The molecule has 0 aliphatic carbocycles. The Labute approximate surface area is 135 Å². The second-order valence-electron chi connectivity index (χ2n) is 4.88. The fourth-order valence-corrected chi connectivity index (χ4v) is 2.23. The smallest absolute Gasteiger partial charge is 0.221 e. The minimum Gasteiger partial charge on any atom is -0.493 e. The monoisotopic (exact) mass is 356 g/mol. The minimum absolute atomic E-state index is 0.0982. The van der Waals surface area contributed by atoms with Crippen molar-refractivity contribution in [1.82, 2.24) is 10.6 Å². The molecular formula is C16H25BrN2O2. The Morgan fingerprint density at radius 3 is 2.76 bits per heavy atom. The maximum Gasteiger partial charge on any atom is 0.221 e. The van der Waals surface area contributed by atoms with Crippen molar-refractivity contribution < 1.29 is 9.53 Å². The van der Waals surface area contributed by atoms with Gasteiger partial charge >= 0.3 is 0 Å². The SMILES string of the molecule is CCCNC(=O)CCNCc1cc(Br)ccc1OCCC. The average molecular weight is 357 g/mol. The maximum atomic E-state index is 11.5. The average Bonchev–Trinajstić information content (AvgIpc) is 2.48. The molecule has 0 saturated carbocycles. The summed E-state index contributed by atoms with van der Waals surface area (Å²) in [5, 5.41) is 6.16. The number of carbonyl (C=O) groups is 1. The van der Waals surface area contributed by atoms with Crippen molar-refractivity contribution in [2.45, 2.75) is 39.7 Å². The first-order valence-corrected chi connectivity index (χ1v) is 8.35. The molecular weight excluding hydrogens is 332 g/mol. The third-order valence-corrected chi connectivity index (χ3v) is 3.39. The molecule has 0 spiro atoms. The summed E-state index contributed by atoms with van der Waals surface area (Å²) in [6.07, 6.45) is 2.45. The van der Waals surface area contributed by atoms with E-state index in [1.54, 1.807) is 0 Å². The Balaban J connectivity index is 2.39. The molecule has 0 aromatic heterocycles. The van der Waals surface area contributed by atoms with Crippen molar-refractivity contribution in [2.75, 3.05) is 19.7 Å². The van der Waals surface area contributed by atoms with Crippen molar-refractivity contribution in [2.24, 2.45) is 0 Å². The summed E-state index contributed by atoms with van der Waals surface area (Å²) in [7, 11) is 0. The van der Waals surface area contributed by atoms with Crippen LogP contribution in [0.3, 0.4) is 0 Å². The fourth-order valence-electron chi connectivity index (χ4n) is 1.82. The molecule has 118 valence electrons. The lowest BCUT2D eigenvalue weighted by Gasteiger charge is -2.12. The summed E-state index contributed by atoms with van der Waals surface area (Å²) in [5.74, 6) is 1.00. The van der Waals surface area contributed by atoms with Crippen LogP contribution in [-0.2, 0) is 11.3 Å². The number of nitrogens with one attached hydrogen (secondary N) is 2. The molecule has 4 nitrogen and oxygen atoms in total. The van der Waals surface area contributed by atoms with E-state index in [0.717, 1.165) is 35.2 Å². The largest absolute Gasteiger partial charge is 0.493 e. The minimum atomic E-state index is 0.0982. The summed E-state index contributed by atoms with van der Waals surface area (Å²) in [6, 6.07) is 6.01. The summed E-state index contributed by atoms with van der Waals surface area (Å²) in [6.45, 7) is 6.96. The third-order valence-electron chi connectivity index (χ3n) is 2.90. The molecule has 0 saturated heterocycles. The first-order valence-electron chi connectivity index (χ1n) is 7.56. The molecule has 0 aliphatic heterocycles. The highest BCUT2D eigenvalue weighted by Crippen LogP contribution is 2.23. The zero-order chi connectivity index (χ0) is 15.5. The Morgan fingerprint density at radius 1 is 1.24 bits per heavy atom. The molecule has 2 N–H and O–H groups in total. The van der Waals surface area contributed by atoms with Gasteiger partial charge < -0.3 is 15.4 Å². The fraction of sp³-hybridized carbons (Fsp3) is 0.562. The van der Waals surface area contributed by atoms with E-state index in [1.165, 1.54) is 0 Å². The number of rotatable bonds is 10. The van der Waals surface area contributed by atoms with Crippen molar-refractivity contribution >= 4 is 21.8 Å². The second-order valence-corrected chi connectivity index (χ2v) is 5.79. The lowest BCUT2D eigenvalue weighted by Crippen LogP contribution is -2.28. The highest BCUT2D eigenvalue weighted by molar-refractivity contribution is 9.10. The zero-order valence-electron chi connectivity index (χ0n) is 12.9. The van der Waals surface area contributed by atoms with Gasteiger partial charge in [-0.3, -0.25) is 4.79 Å². The van der Waals surface area contributed by atoms with Crippen LogP contribution in [0.5, 0.6) is 5.75 Å². The first kappa shape index (κ1) is 18.0. The van der Waals surface area contributed by atoms with Crippen LogP contribution in [0, 0.1) is 0 Å². The van der Waals surface area contributed by atoms with Crippen LogP contribution in [0.2, 0.25) is 0 Å². The van der Waals surface area contributed by atoms with Crippen molar-refractivity contribution in [1.29, 1.82) is 0 Å². The van der Waals surface area contributed by atoms with Crippen LogP contribution in [0.15, 0.2) is 22.7 Å². The summed E-state index contributed by atoms with van der Waals surface area (Å²) >= 11 is 3.48. The van der Waals surface area contributed by atoms with Gasteiger partial charge in [-0.05, 0) is 31.0 Å². The third kappa shape index (κ3) is 7.48. The lowest BCUT2D eigenvalue weighted by molar-refractivity contribution is -0.120. The van der Waals surface area contributed by atoms with Gasteiger partial charge in [0.1, 0.15) is 5.75 Å². The van der Waals surface area contributed by atoms with Gasteiger partial charge in [0.15, 0.2) is 0 Å². The van der Waals surface area contributed by atoms with Gasteiger partial charge in [0.05, 0.1) is 6.61 Å². The van der Waals surface area contributed by atoms with Gasteiger partial charge in [0.25, 0.3) is 0 Å². The van der Waals surface area contributed by atoms with Gasteiger partial charge in [0, 0.05) is 36.1 Å². The lowest BCUT2D eigenvalue weighted by atomic mass is 10.2. The molecule has 0 radical (unpaired) electrons. The maximum absolute atomic E-state index is 11.5. The molecule has 0 aliphatic rings. The second kappa shape index (κ2) is 10.6. The predicted octanol–water partition coefficient (Wildman–Crippen LogP) is 3.24. The predicted molar refractivity (Wildman–Crippen MR) is 89.6 cm³/mol. The van der Waals surface area contributed by atoms with Crippen LogP contribution in [0.1, 0.15) is 38.7 Å². The molecule has 0 atom stereocenters. The van der Waals surface area contributed by atoms with Crippen LogP contribution in [0.25, 0.3) is 0 Å². The number of hydrogen-bond donors (Lipinski definition) is 2. The number of amides is 1. The van der Waals surface area contributed by atoms with E-state index < -0.39 is 0 Å². The number of benzene rings is 1. The number of ether oxygens (including phenoxy) is 1. The van der Waals surface area contributed by atoms with Crippen LogP contribution < -0.4 is 15.4 Å². The standard InChI is InChI=1S/C16H25BrN2O2/c1-3-8-19-16(20)7-9-18-12-13-11-14(17)5-6-15(13)21-10-4-2/h5-6,11,18H,3-4,7-10,12H2,1-2H3,(H,19,20). The number of hydrogen-bond acceptors (Lipinski definition) is 3. The Hall–Kier alpha value is -1.07. The van der Waals surface area contributed by atoms with Crippen LogP contribution in [-0.4, -0.2) is 25.6 Å². The molecule has 1 amide bonds. The summed E-state index contributed by atoms with van der Waals surface area (Å²) in [4.78, 5) is 11.5. The van der Waals surface area contributed by atoms with Crippen molar-refractivity contribution in [3.8, 4) is 5.75 Å². The van der Waals surface area contributed by atoms with Crippen molar-refractivity contribution in [3.05, 3.63) is 28.2 Å². The van der Waals surface area contributed by atoms with Crippen LogP contribution >= 0.6 is 15.9 Å². The highest BCUT2D eigenvalue weighted by atomic mass is 79.9. The molecule has 0 bridgehead atoms. The topological polar surface area (TPSA) is 50.4 Å². The van der Waals surface area contributed by atoms with Gasteiger partial charge in [-0.2, -0.15) is 0 Å². The van der Waals surface area contributed by atoms with E-state index in [1.807, 2.05) is 19.1 Å². The molecule has 0 heterocycles. The molecule has 1 rings (SSSR count). The number of halogens is 1. The van der Waals surface area contributed by atoms with E-state index >= 15 is 0 Å². The summed E-state index contributed by atoms with van der Waals surface area (Å²) in [5.41, 5.74) is 1.10.